The van der Waals surface area contributed by atoms with Gasteiger partial charge in [-0.25, -0.2) is 17.5 Å². The van der Waals surface area contributed by atoms with Crippen molar-refractivity contribution >= 4 is 15.7 Å². The van der Waals surface area contributed by atoms with Crippen LogP contribution < -0.4 is 9.62 Å². The van der Waals surface area contributed by atoms with Crippen LogP contribution in [0.25, 0.3) is 0 Å². The molecule has 0 aliphatic carbocycles. The molecule has 1 fully saturated rings. The number of hydrogen-bond acceptors (Lipinski definition) is 4. The van der Waals surface area contributed by atoms with Crippen LogP contribution in [-0.2, 0) is 10.0 Å². The second kappa shape index (κ2) is 6.51. The molecule has 0 atom stereocenters. The van der Waals surface area contributed by atoms with Crippen LogP contribution in [0.1, 0.15) is 0 Å². The van der Waals surface area contributed by atoms with Gasteiger partial charge in [0.1, 0.15) is 5.82 Å². The molecule has 0 bridgehead atoms. The maximum absolute atomic E-state index is 13.7. The molecule has 0 radical (unpaired) electrons. The van der Waals surface area contributed by atoms with E-state index in [1.54, 1.807) is 12.1 Å². The lowest BCUT2D eigenvalue weighted by Gasteiger charge is -2.36. The Balaban J connectivity index is 1.80. The number of para-hydroxylation sites is 1. The van der Waals surface area contributed by atoms with Crippen molar-refractivity contribution in [3.05, 3.63) is 30.1 Å². The first-order valence-electron chi connectivity index (χ1n) is 6.62. The molecule has 20 heavy (non-hydrogen) atoms. The zero-order valence-corrected chi connectivity index (χ0v) is 12.4. The van der Waals surface area contributed by atoms with Crippen LogP contribution in [0.3, 0.4) is 0 Å². The summed E-state index contributed by atoms with van der Waals surface area (Å²) in [4.78, 5) is 4.20. The molecule has 0 unspecified atom stereocenters. The number of nitrogens with zero attached hydrogens (tertiary/aromatic N) is 2. The van der Waals surface area contributed by atoms with Crippen LogP contribution in [0, 0.1) is 5.82 Å². The van der Waals surface area contributed by atoms with Crippen molar-refractivity contribution in [2.24, 2.45) is 0 Å². The largest absolute Gasteiger partial charge is 0.367 e. The van der Waals surface area contributed by atoms with Crippen LogP contribution in [-0.4, -0.2) is 58.8 Å². The van der Waals surface area contributed by atoms with Crippen LogP contribution in [0.2, 0.25) is 0 Å². The quantitative estimate of drug-likeness (QED) is 0.860. The number of anilines is 1. The van der Waals surface area contributed by atoms with Gasteiger partial charge in [-0.2, -0.15) is 0 Å². The topological polar surface area (TPSA) is 52.7 Å². The highest BCUT2D eigenvalue weighted by Crippen LogP contribution is 2.19. The van der Waals surface area contributed by atoms with Crippen molar-refractivity contribution in [1.29, 1.82) is 0 Å². The smallest absolute Gasteiger partial charge is 0.208 e. The molecule has 2 rings (SSSR count). The summed E-state index contributed by atoms with van der Waals surface area (Å²) in [6.45, 7) is 4.20. The molecule has 0 aromatic heterocycles. The van der Waals surface area contributed by atoms with Gasteiger partial charge in [0.25, 0.3) is 0 Å². The third-order valence-electron chi connectivity index (χ3n) is 3.36. The Morgan fingerprint density at radius 1 is 1.20 bits per heavy atom. The number of sulfonamides is 1. The molecule has 1 aromatic rings. The fourth-order valence-corrected chi connectivity index (χ4v) is 2.77. The maximum Gasteiger partial charge on any atom is 0.208 e. The number of halogens is 1. The van der Waals surface area contributed by atoms with Gasteiger partial charge in [-0.3, -0.25) is 4.90 Å². The van der Waals surface area contributed by atoms with Crippen molar-refractivity contribution in [3.63, 3.8) is 0 Å². The molecule has 1 saturated heterocycles. The predicted octanol–water partition coefficient (Wildman–Crippen LogP) is 0.497. The Bertz CT molecular complexity index is 542. The Kier molecular flexibility index (Phi) is 4.95. The van der Waals surface area contributed by atoms with Gasteiger partial charge in [-0.15, -0.1) is 0 Å². The summed E-state index contributed by atoms with van der Waals surface area (Å²) in [5.41, 5.74) is 0.640. The third kappa shape index (κ3) is 4.43. The summed E-state index contributed by atoms with van der Waals surface area (Å²) in [6, 6.07) is 6.78. The van der Waals surface area contributed by atoms with Crippen LogP contribution in [0.15, 0.2) is 24.3 Å². The summed E-state index contributed by atoms with van der Waals surface area (Å²) in [6.07, 6.45) is 1.16. The highest BCUT2D eigenvalue weighted by atomic mass is 32.2. The Morgan fingerprint density at radius 3 is 2.45 bits per heavy atom. The molecule has 1 aliphatic rings. The van der Waals surface area contributed by atoms with Crippen LogP contribution in [0.5, 0.6) is 0 Å². The van der Waals surface area contributed by atoms with Gasteiger partial charge in [0.2, 0.25) is 10.0 Å². The third-order valence-corrected chi connectivity index (χ3v) is 4.09. The summed E-state index contributed by atoms with van der Waals surface area (Å²) >= 11 is 0. The number of piperazine rings is 1. The van der Waals surface area contributed by atoms with E-state index in [9.17, 15) is 12.8 Å². The molecule has 112 valence electrons. The average Bonchev–Trinajstić information content (AvgIpc) is 2.39. The first-order valence-corrected chi connectivity index (χ1v) is 8.51. The van der Waals surface area contributed by atoms with Gasteiger partial charge < -0.3 is 4.90 Å². The van der Waals surface area contributed by atoms with Gasteiger partial charge in [-0.1, -0.05) is 12.1 Å². The number of nitrogens with one attached hydrogen (secondary N) is 1. The molecule has 7 heteroatoms. The normalized spacial score (nSPS) is 17.4. The number of rotatable bonds is 5. The maximum atomic E-state index is 13.7. The van der Waals surface area contributed by atoms with Gasteiger partial charge in [0, 0.05) is 39.3 Å². The summed E-state index contributed by atoms with van der Waals surface area (Å²) < 4.78 is 38.1. The molecule has 1 heterocycles. The molecular weight excluding hydrogens is 281 g/mol. The number of benzene rings is 1. The number of hydrogen-bond donors (Lipinski definition) is 1. The second-order valence-corrected chi connectivity index (χ2v) is 6.78. The summed E-state index contributed by atoms with van der Waals surface area (Å²) in [5, 5.41) is 0. The van der Waals surface area contributed by atoms with Crippen molar-refractivity contribution in [2.45, 2.75) is 0 Å². The van der Waals surface area contributed by atoms with Gasteiger partial charge in [0.05, 0.1) is 11.9 Å². The van der Waals surface area contributed by atoms with E-state index < -0.39 is 10.0 Å². The highest BCUT2D eigenvalue weighted by Gasteiger charge is 2.18. The van der Waals surface area contributed by atoms with E-state index in [0.29, 0.717) is 18.8 Å². The molecule has 0 spiro atoms. The van der Waals surface area contributed by atoms with Gasteiger partial charge >= 0.3 is 0 Å². The molecule has 1 aromatic carbocycles. The fraction of sp³-hybridized carbons (Fsp3) is 0.538. The fourth-order valence-electron chi connectivity index (χ4n) is 2.31. The lowest BCUT2D eigenvalue weighted by molar-refractivity contribution is 0.261. The van der Waals surface area contributed by atoms with E-state index >= 15 is 0 Å². The van der Waals surface area contributed by atoms with Crippen molar-refractivity contribution in [3.8, 4) is 0 Å². The van der Waals surface area contributed by atoms with Crippen LogP contribution >= 0.6 is 0 Å². The van der Waals surface area contributed by atoms with E-state index in [1.165, 1.54) is 6.07 Å². The minimum atomic E-state index is -3.12. The Hall–Kier alpha value is -1.18. The van der Waals surface area contributed by atoms with E-state index in [-0.39, 0.29) is 5.82 Å². The zero-order valence-electron chi connectivity index (χ0n) is 11.5. The SMILES string of the molecule is CS(=O)(=O)NCCN1CCN(c2ccccc2F)CC1. The Labute approximate surface area is 119 Å². The first-order chi connectivity index (χ1) is 9.46. The monoisotopic (exact) mass is 301 g/mol. The van der Waals surface area contributed by atoms with E-state index in [0.717, 1.165) is 32.4 Å². The predicted molar refractivity (Wildman–Crippen MR) is 77.9 cm³/mol. The van der Waals surface area contributed by atoms with Crippen molar-refractivity contribution in [1.82, 2.24) is 9.62 Å². The van der Waals surface area contributed by atoms with Crippen LogP contribution in [0.4, 0.5) is 10.1 Å². The molecule has 0 amide bonds. The lowest BCUT2D eigenvalue weighted by Crippen LogP contribution is -2.48. The summed E-state index contributed by atoms with van der Waals surface area (Å²) in [5.74, 6) is -0.195. The molecule has 1 N–H and O–H groups in total. The summed E-state index contributed by atoms with van der Waals surface area (Å²) in [7, 11) is -3.12. The molecule has 5 nitrogen and oxygen atoms in total. The second-order valence-electron chi connectivity index (χ2n) is 4.95. The van der Waals surface area contributed by atoms with E-state index in [1.807, 2.05) is 11.0 Å². The molecule has 1 aliphatic heterocycles. The first kappa shape index (κ1) is 15.2. The lowest BCUT2D eigenvalue weighted by atomic mass is 10.2. The minimum Gasteiger partial charge on any atom is -0.367 e. The van der Waals surface area contributed by atoms with E-state index in [2.05, 4.69) is 9.62 Å². The molecule has 0 saturated carbocycles. The Morgan fingerprint density at radius 2 is 1.85 bits per heavy atom. The standard InChI is InChI=1S/C13H20FN3O2S/c1-20(18,19)15-6-7-16-8-10-17(11-9-16)13-5-3-2-4-12(13)14/h2-5,15H,6-11H2,1H3. The van der Waals surface area contributed by atoms with Gasteiger partial charge in [-0.05, 0) is 12.1 Å². The minimum absolute atomic E-state index is 0.195. The zero-order chi connectivity index (χ0) is 14.6. The highest BCUT2D eigenvalue weighted by molar-refractivity contribution is 7.88. The average molecular weight is 301 g/mol. The molecular formula is C13H20FN3O2S. The van der Waals surface area contributed by atoms with E-state index in [4.69, 9.17) is 0 Å². The van der Waals surface area contributed by atoms with Crippen molar-refractivity contribution < 1.29 is 12.8 Å². The van der Waals surface area contributed by atoms with Gasteiger partial charge in [0.15, 0.2) is 0 Å². The van der Waals surface area contributed by atoms with Crippen molar-refractivity contribution in [2.75, 3.05) is 50.4 Å².